The van der Waals surface area contributed by atoms with Crippen LogP contribution in [0.4, 0.5) is 0 Å². The first-order chi connectivity index (χ1) is 13.3. The summed E-state index contributed by atoms with van der Waals surface area (Å²) in [5.41, 5.74) is 7.69. The number of rotatable bonds is 6. The molecule has 0 heterocycles. The van der Waals surface area contributed by atoms with Gasteiger partial charge in [-0.3, -0.25) is 0 Å². The van der Waals surface area contributed by atoms with Crippen molar-refractivity contribution in [3.63, 3.8) is 0 Å². The molecule has 0 amide bonds. The van der Waals surface area contributed by atoms with Gasteiger partial charge in [0.2, 0.25) is 0 Å². The van der Waals surface area contributed by atoms with Gasteiger partial charge in [-0.15, -0.1) is 0 Å². The molecule has 0 saturated heterocycles. The zero-order chi connectivity index (χ0) is 20.3. The Balaban J connectivity index is 1.90. The topological polar surface area (TPSA) is 0 Å². The highest BCUT2D eigenvalue weighted by molar-refractivity contribution is 9.12. The van der Waals surface area contributed by atoms with Gasteiger partial charge in [-0.25, -0.2) is 0 Å². The van der Waals surface area contributed by atoms with Crippen LogP contribution in [0, 0.1) is 41.5 Å². The normalized spacial score (nSPS) is 11.2. The molecule has 3 rings (SSSR count). The van der Waals surface area contributed by atoms with Crippen molar-refractivity contribution in [2.45, 2.75) is 56.2 Å². The second kappa shape index (κ2) is 9.76. The molecule has 0 spiro atoms. The van der Waals surface area contributed by atoms with Gasteiger partial charge in [0.15, 0.2) is 0 Å². The van der Waals surface area contributed by atoms with E-state index in [1.165, 1.54) is 48.1 Å². The third-order valence-electron chi connectivity index (χ3n) is 4.51. The Bertz CT molecular complexity index is 854. The number of benzene rings is 3. The number of aryl methyl sites for hydroxylation is 6. The summed E-state index contributed by atoms with van der Waals surface area (Å²) in [7, 11) is 0. The summed E-state index contributed by atoms with van der Waals surface area (Å²) in [5, 5.41) is 0. The molecule has 0 aliphatic rings. The van der Waals surface area contributed by atoms with E-state index in [1.807, 2.05) is 34.1 Å². The maximum Gasteiger partial charge on any atom is 0.0877 e. The van der Waals surface area contributed by atoms with E-state index in [4.69, 9.17) is 0 Å². The van der Waals surface area contributed by atoms with Crippen LogP contribution in [0.15, 0.2) is 69.3 Å². The Morgan fingerprint density at radius 1 is 0.464 bits per heavy atom. The summed E-state index contributed by atoms with van der Waals surface area (Å²) in [6, 6.07) is 20.4. The van der Waals surface area contributed by atoms with Crippen LogP contribution in [0.2, 0.25) is 0 Å². The van der Waals surface area contributed by atoms with Gasteiger partial charge in [0.1, 0.15) is 0 Å². The first-order valence-electron chi connectivity index (χ1n) is 9.37. The second-order valence-corrected chi connectivity index (χ2v) is 16.6. The number of hydrogen-bond acceptors (Lipinski definition) is 3. The molecule has 146 valence electrons. The van der Waals surface area contributed by atoms with E-state index >= 15 is 0 Å². The van der Waals surface area contributed by atoms with Crippen molar-refractivity contribution in [1.82, 2.24) is 0 Å². The molecule has 0 aromatic heterocycles. The van der Waals surface area contributed by atoms with Gasteiger partial charge in [0, 0.05) is 14.7 Å². The minimum Gasteiger partial charge on any atom is -0.0751 e. The summed E-state index contributed by atoms with van der Waals surface area (Å²) in [5.74, 6) is 0. The summed E-state index contributed by atoms with van der Waals surface area (Å²) in [6.07, 6.45) is 0. The molecule has 0 N–H and O–H groups in total. The van der Waals surface area contributed by atoms with E-state index in [2.05, 4.69) is 96.1 Å². The molecule has 3 aromatic rings. The van der Waals surface area contributed by atoms with Gasteiger partial charge in [-0.2, -0.15) is 0 Å². The molecule has 0 saturated carbocycles. The summed E-state index contributed by atoms with van der Waals surface area (Å²) < 4.78 is 0. The predicted molar refractivity (Wildman–Crippen MR) is 132 cm³/mol. The lowest BCUT2D eigenvalue weighted by molar-refractivity contribution is 1.27. The van der Waals surface area contributed by atoms with Gasteiger partial charge < -0.3 is 0 Å². The standard InChI is InChI=1S/C24H27PS3/c1-16-7-10-22(19(4)13-16)26-25(27-23-11-8-17(2)14-20(23)5)28-24-12-9-18(3)15-21(24)6/h7-15H,1-6H3. The maximum absolute atomic E-state index is 2.29. The zero-order valence-electron chi connectivity index (χ0n) is 17.4. The van der Waals surface area contributed by atoms with Gasteiger partial charge in [0.25, 0.3) is 0 Å². The third kappa shape index (κ3) is 5.83. The number of hydrogen-bond donors (Lipinski definition) is 0. The lowest BCUT2D eigenvalue weighted by Crippen LogP contribution is -1.83. The predicted octanol–water partition coefficient (Wildman–Crippen LogP) is 9.44. The Morgan fingerprint density at radius 2 is 0.750 bits per heavy atom. The third-order valence-corrected chi connectivity index (χ3v) is 14.1. The minimum absolute atomic E-state index is 0.417. The monoisotopic (exact) mass is 442 g/mol. The van der Waals surface area contributed by atoms with E-state index in [0.717, 1.165) is 0 Å². The molecule has 0 aliphatic heterocycles. The van der Waals surface area contributed by atoms with Crippen molar-refractivity contribution in [2.75, 3.05) is 0 Å². The first kappa shape index (κ1) is 21.8. The lowest BCUT2D eigenvalue weighted by Gasteiger charge is -2.19. The fourth-order valence-corrected chi connectivity index (χ4v) is 13.6. The first-order valence-corrected chi connectivity index (χ1v) is 15.0. The Kier molecular flexibility index (Phi) is 7.61. The highest BCUT2D eigenvalue weighted by atomic mass is 33.4. The van der Waals surface area contributed by atoms with Gasteiger partial charge in [-0.1, -0.05) is 87.2 Å². The molecule has 0 radical (unpaired) electrons. The van der Waals surface area contributed by atoms with Gasteiger partial charge >= 0.3 is 0 Å². The van der Waals surface area contributed by atoms with Crippen LogP contribution in [0.5, 0.6) is 0 Å². The quantitative estimate of drug-likeness (QED) is 0.349. The van der Waals surface area contributed by atoms with Crippen LogP contribution in [-0.2, 0) is 0 Å². The minimum atomic E-state index is -0.417. The van der Waals surface area contributed by atoms with Crippen LogP contribution in [-0.4, -0.2) is 0 Å². The van der Waals surface area contributed by atoms with Crippen LogP contribution in [0.3, 0.4) is 0 Å². The molecule has 0 unspecified atom stereocenters. The van der Waals surface area contributed by atoms with E-state index in [0.29, 0.717) is 0 Å². The van der Waals surface area contributed by atoms with Crippen molar-refractivity contribution in [2.24, 2.45) is 0 Å². The van der Waals surface area contributed by atoms with Crippen molar-refractivity contribution in [1.29, 1.82) is 0 Å². The molecule has 0 aliphatic carbocycles. The largest absolute Gasteiger partial charge is 0.0877 e. The van der Waals surface area contributed by atoms with Crippen LogP contribution in [0.25, 0.3) is 0 Å². The fraction of sp³-hybridized carbons (Fsp3) is 0.250. The molecule has 0 fully saturated rings. The van der Waals surface area contributed by atoms with Crippen molar-refractivity contribution >= 4 is 39.7 Å². The molecule has 3 aromatic carbocycles. The smallest absolute Gasteiger partial charge is 0.0751 e. The average molecular weight is 443 g/mol. The van der Waals surface area contributed by atoms with Crippen molar-refractivity contribution in [3.8, 4) is 0 Å². The average Bonchev–Trinajstić information content (AvgIpc) is 2.62. The van der Waals surface area contributed by atoms with E-state index < -0.39 is 5.53 Å². The van der Waals surface area contributed by atoms with Gasteiger partial charge in [0.05, 0.1) is 5.53 Å². The Labute approximate surface area is 183 Å². The molecule has 4 heteroatoms. The molecule has 0 bridgehead atoms. The van der Waals surface area contributed by atoms with Crippen LogP contribution >= 0.6 is 39.7 Å². The SMILES string of the molecule is Cc1ccc(SP(Sc2ccc(C)cc2C)Sc2ccc(C)cc2C)c(C)c1. The molecule has 0 atom stereocenters. The molecule has 28 heavy (non-hydrogen) atoms. The van der Waals surface area contributed by atoms with Crippen LogP contribution in [0.1, 0.15) is 33.4 Å². The van der Waals surface area contributed by atoms with Crippen molar-refractivity contribution in [3.05, 3.63) is 88.0 Å². The van der Waals surface area contributed by atoms with E-state index in [9.17, 15) is 0 Å². The Morgan fingerprint density at radius 3 is 1.00 bits per heavy atom. The highest BCUT2D eigenvalue weighted by Crippen LogP contribution is 2.76. The maximum atomic E-state index is 2.29. The zero-order valence-corrected chi connectivity index (χ0v) is 20.7. The molecular weight excluding hydrogens is 415 g/mol. The summed E-state index contributed by atoms with van der Waals surface area (Å²) in [4.78, 5) is 4.18. The lowest BCUT2D eigenvalue weighted by atomic mass is 10.2. The van der Waals surface area contributed by atoms with Gasteiger partial charge in [-0.05, 0) is 76.4 Å². The van der Waals surface area contributed by atoms with E-state index in [-0.39, 0.29) is 0 Å². The van der Waals surface area contributed by atoms with E-state index in [1.54, 1.807) is 0 Å². The van der Waals surface area contributed by atoms with Crippen molar-refractivity contribution < 1.29 is 0 Å². The Hall–Kier alpha value is -0.860. The summed E-state index contributed by atoms with van der Waals surface area (Å²) >= 11 is 6.09. The molecular formula is C24H27PS3. The van der Waals surface area contributed by atoms with Crippen LogP contribution < -0.4 is 0 Å². The second-order valence-electron chi connectivity index (χ2n) is 7.30. The molecule has 0 nitrogen and oxygen atoms in total. The summed E-state index contributed by atoms with van der Waals surface area (Å²) in [6.45, 7) is 13.2. The highest BCUT2D eigenvalue weighted by Gasteiger charge is 2.18. The fourth-order valence-electron chi connectivity index (χ4n) is 3.00.